The summed E-state index contributed by atoms with van der Waals surface area (Å²) in [5.74, 6) is 0.548. The van der Waals surface area contributed by atoms with Crippen LogP contribution in [0.4, 0.5) is 0 Å². The number of aromatic nitrogens is 1. The average molecular weight is 305 g/mol. The molecule has 0 atom stereocenters. The van der Waals surface area contributed by atoms with Gasteiger partial charge in [-0.1, -0.05) is 60.7 Å². The van der Waals surface area contributed by atoms with E-state index in [2.05, 4.69) is 25.9 Å². The second-order valence-corrected chi connectivity index (χ2v) is 6.32. The van der Waals surface area contributed by atoms with E-state index in [1.807, 2.05) is 6.07 Å². The van der Waals surface area contributed by atoms with Crippen LogP contribution in [-0.2, 0) is 5.41 Å². The highest BCUT2D eigenvalue weighted by molar-refractivity contribution is 6.41. The van der Waals surface area contributed by atoms with Crippen LogP contribution in [-0.4, -0.2) is 5.16 Å². The van der Waals surface area contributed by atoms with Crippen molar-refractivity contribution in [1.82, 2.24) is 5.16 Å². The summed E-state index contributed by atoms with van der Waals surface area (Å²) in [6.07, 6.45) is 0. The van der Waals surface area contributed by atoms with Crippen molar-refractivity contribution in [2.24, 2.45) is 0 Å². The molecule has 0 aliphatic rings. The molecular formula is C13H12Cl3NO. The van der Waals surface area contributed by atoms with Gasteiger partial charge in [-0.2, -0.15) is 0 Å². The molecule has 0 saturated carbocycles. The van der Waals surface area contributed by atoms with Gasteiger partial charge in [0.05, 0.1) is 21.3 Å². The fourth-order valence-corrected chi connectivity index (χ4v) is 2.53. The highest BCUT2D eigenvalue weighted by Gasteiger charge is 2.21. The van der Waals surface area contributed by atoms with Crippen molar-refractivity contribution in [2.75, 3.05) is 0 Å². The van der Waals surface area contributed by atoms with Gasteiger partial charge in [-0.3, -0.25) is 0 Å². The molecule has 0 aliphatic heterocycles. The molecular weight excluding hydrogens is 293 g/mol. The van der Waals surface area contributed by atoms with Crippen LogP contribution in [0.5, 0.6) is 0 Å². The van der Waals surface area contributed by atoms with Crippen molar-refractivity contribution in [2.45, 2.75) is 26.2 Å². The molecule has 1 heterocycles. The molecule has 0 bridgehead atoms. The van der Waals surface area contributed by atoms with Gasteiger partial charge in [0.25, 0.3) is 0 Å². The molecule has 0 unspecified atom stereocenters. The highest BCUT2D eigenvalue weighted by atomic mass is 35.5. The normalized spacial score (nSPS) is 11.9. The largest absolute Gasteiger partial charge is 0.356 e. The fraction of sp³-hybridized carbons (Fsp3) is 0.308. The molecule has 1 aromatic carbocycles. The predicted molar refractivity (Wildman–Crippen MR) is 75.7 cm³/mol. The second kappa shape index (κ2) is 4.76. The van der Waals surface area contributed by atoms with Crippen molar-refractivity contribution in [3.63, 3.8) is 0 Å². The number of benzene rings is 1. The van der Waals surface area contributed by atoms with Gasteiger partial charge in [-0.05, 0) is 12.1 Å². The van der Waals surface area contributed by atoms with Gasteiger partial charge < -0.3 is 4.52 Å². The van der Waals surface area contributed by atoms with Crippen molar-refractivity contribution in [3.05, 3.63) is 39.0 Å². The molecule has 1 aromatic heterocycles. The van der Waals surface area contributed by atoms with Crippen LogP contribution in [0.25, 0.3) is 11.3 Å². The molecule has 0 spiro atoms. The van der Waals surface area contributed by atoms with Crippen molar-refractivity contribution in [3.8, 4) is 11.3 Å². The van der Waals surface area contributed by atoms with E-state index in [4.69, 9.17) is 39.3 Å². The van der Waals surface area contributed by atoms with Crippen LogP contribution in [0, 0.1) is 0 Å². The lowest BCUT2D eigenvalue weighted by molar-refractivity contribution is 0.402. The molecule has 18 heavy (non-hydrogen) atoms. The maximum absolute atomic E-state index is 6.14. The monoisotopic (exact) mass is 303 g/mol. The SMILES string of the molecule is CC(C)(C)c1cc(-c2c(Cl)cc(Cl)cc2Cl)on1. The number of nitrogens with zero attached hydrogens (tertiary/aromatic N) is 1. The van der Waals surface area contributed by atoms with E-state index in [0.717, 1.165) is 5.69 Å². The molecule has 2 aromatic rings. The summed E-state index contributed by atoms with van der Waals surface area (Å²) in [5.41, 5.74) is 1.37. The zero-order valence-corrected chi connectivity index (χ0v) is 12.5. The van der Waals surface area contributed by atoms with Crippen LogP contribution in [0.3, 0.4) is 0 Å². The first-order valence-corrected chi connectivity index (χ1v) is 6.54. The lowest BCUT2D eigenvalue weighted by Crippen LogP contribution is -2.10. The van der Waals surface area contributed by atoms with Crippen LogP contribution in [0.1, 0.15) is 26.5 Å². The maximum atomic E-state index is 6.14. The zero-order chi connectivity index (χ0) is 13.5. The van der Waals surface area contributed by atoms with Gasteiger partial charge in [0.1, 0.15) is 0 Å². The third-order valence-corrected chi connectivity index (χ3v) is 3.35. The number of hydrogen-bond acceptors (Lipinski definition) is 2. The molecule has 0 aliphatic carbocycles. The maximum Gasteiger partial charge on any atom is 0.170 e. The van der Waals surface area contributed by atoms with E-state index >= 15 is 0 Å². The summed E-state index contributed by atoms with van der Waals surface area (Å²) in [5, 5.41) is 5.43. The Bertz CT molecular complexity index is 561. The van der Waals surface area contributed by atoms with E-state index in [9.17, 15) is 0 Å². The standard InChI is InChI=1S/C13H12Cl3NO/c1-13(2,3)11-6-10(18-17-11)12-8(15)4-7(14)5-9(12)16/h4-6H,1-3H3. The van der Waals surface area contributed by atoms with Gasteiger partial charge >= 0.3 is 0 Å². The lowest BCUT2D eigenvalue weighted by atomic mass is 9.92. The summed E-state index contributed by atoms with van der Waals surface area (Å²) >= 11 is 18.1. The first-order valence-electron chi connectivity index (χ1n) is 5.41. The van der Waals surface area contributed by atoms with Crippen molar-refractivity contribution in [1.29, 1.82) is 0 Å². The van der Waals surface area contributed by atoms with E-state index in [1.165, 1.54) is 0 Å². The van der Waals surface area contributed by atoms with Gasteiger partial charge in [0, 0.05) is 16.5 Å². The fourth-order valence-electron chi connectivity index (χ4n) is 1.52. The van der Waals surface area contributed by atoms with E-state index in [1.54, 1.807) is 12.1 Å². The molecule has 2 nitrogen and oxygen atoms in total. The molecule has 0 N–H and O–H groups in total. The molecule has 0 saturated heterocycles. The second-order valence-electron chi connectivity index (χ2n) is 5.07. The van der Waals surface area contributed by atoms with Crippen LogP contribution in [0.15, 0.2) is 22.7 Å². The Morgan fingerprint density at radius 1 is 1.00 bits per heavy atom. The van der Waals surface area contributed by atoms with Gasteiger partial charge in [-0.25, -0.2) is 0 Å². The molecule has 0 radical (unpaired) electrons. The third kappa shape index (κ3) is 2.66. The van der Waals surface area contributed by atoms with E-state index in [-0.39, 0.29) is 5.41 Å². The third-order valence-electron chi connectivity index (χ3n) is 2.53. The summed E-state index contributed by atoms with van der Waals surface area (Å²) < 4.78 is 5.32. The van der Waals surface area contributed by atoms with E-state index < -0.39 is 0 Å². The summed E-state index contributed by atoms with van der Waals surface area (Å²) in [4.78, 5) is 0. The van der Waals surface area contributed by atoms with Crippen molar-refractivity contribution < 1.29 is 4.52 Å². The highest BCUT2D eigenvalue weighted by Crippen LogP contribution is 2.38. The zero-order valence-electron chi connectivity index (χ0n) is 10.2. The van der Waals surface area contributed by atoms with Crippen LogP contribution < -0.4 is 0 Å². The minimum Gasteiger partial charge on any atom is -0.356 e. The molecule has 5 heteroatoms. The average Bonchev–Trinajstić information content (AvgIpc) is 2.64. The Kier molecular flexibility index (Phi) is 3.63. The first kappa shape index (κ1) is 13.7. The Morgan fingerprint density at radius 3 is 2.00 bits per heavy atom. The van der Waals surface area contributed by atoms with E-state index in [0.29, 0.717) is 26.4 Å². The Morgan fingerprint density at radius 2 is 1.56 bits per heavy atom. The van der Waals surface area contributed by atoms with Gasteiger partial charge in [0.15, 0.2) is 5.76 Å². The predicted octanol–water partition coefficient (Wildman–Crippen LogP) is 5.60. The first-order chi connectivity index (χ1) is 8.29. The Hall–Kier alpha value is -0.700. The lowest BCUT2D eigenvalue weighted by Gasteiger charge is -2.12. The number of hydrogen-bond donors (Lipinski definition) is 0. The Labute approximate surface area is 121 Å². The number of rotatable bonds is 1. The minimum absolute atomic E-state index is 0.0902. The molecule has 0 amide bonds. The molecule has 96 valence electrons. The van der Waals surface area contributed by atoms with Gasteiger partial charge in [-0.15, -0.1) is 0 Å². The van der Waals surface area contributed by atoms with Gasteiger partial charge in [0.2, 0.25) is 0 Å². The minimum atomic E-state index is -0.0902. The molecule has 0 fully saturated rings. The quantitative estimate of drug-likeness (QED) is 0.685. The molecule has 2 rings (SSSR count). The Balaban J connectivity index is 2.53. The number of halogens is 3. The topological polar surface area (TPSA) is 26.0 Å². The summed E-state index contributed by atoms with van der Waals surface area (Å²) in [6.45, 7) is 6.17. The van der Waals surface area contributed by atoms with Crippen LogP contribution in [0.2, 0.25) is 15.1 Å². The summed E-state index contributed by atoms with van der Waals surface area (Å²) in [6, 6.07) is 5.11. The summed E-state index contributed by atoms with van der Waals surface area (Å²) in [7, 11) is 0. The smallest absolute Gasteiger partial charge is 0.170 e. The van der Waals surface area contributed by atoms with Crippen molar-refractivity contribution >= 4 is 34.8 Å². The van der Waals surface area contributed by atoms with Crippen LogP contribution >= 0.6 is 34.8 Å².